The minimum absolute atomic E-state index is 0.0823. The number of para-hydroxylation sites is 1. The number of hydrogen-bond acceptors (Lipinski definition) is 3. The first-order valence-electron chi connectivity index (χ1n) is 7.78. The number of aromatic nitrogens is 1. The summed E-state index contributed by atoms with van der Waals surface area (Å²) in [7, 11) is 0. The first-order valence-corrected chi connectivity index (χ1v) is 7.78. The summed E-state index contributed by atoms with van der Waals surface area (Å²) in [4.78, 5) is 7.06. The third-order valence-corrected chi connectivity index (χ3v) is 4.31. The standard InChI is InChI=1S/C18H23N3/c1-3-16(19)15-11-13(2)18(20-12-15)21-10-6-8-14-7-4-5-9-17(14)21/h4-5,7,9,11-12,16H,3,6,8,10,19H2,1-2H3. The van der Waals surface area contributed by atoms with Crippen LogP contribution in [0.2, 0.25) is 0 Å². The SMILES string of the molecule is CCC(N)c1cnc(N2CCCc3ccccc32)c(C)c1. The van der Waals surface area contributed by atoms with Crippen molar-refractivity contribution in [2.75, 3.05) is 11.4 Å². The summed E-state index contributed by atoms with van der Waals surface area (Å²) >= 11 is 0. The predicted octanol–water partition coefficient (Wildman–Crippen LogP) is 3.88. The number of hydrogen-bond donors (Lipinski definition) is 1. The summed E-state index contributed by atoms with van der Waals surface area (Å²) in [6.45, 7) is 5.27. The Bertz CT molecular complexity index is 636. The monoisotopic (exact) mass is 281 g/mol. The molecule has 0 saturated carbocycles. The smallest absolute Gasteiger partial charge is 0.135 e. The molecule has 0 saturated heterocycles. The number of rotatable bonds is 3. The lowest BCUT2D eigenvalue weighted by atomic mass is 10.0. The third-order valence-electron chi connectivity index (χ3n) is 4.31. The van der Waals surface area contributed by atoms with Gasteiger partial charge >= 0.3 is 0 Å². The average molecular weight is 281 g/mol. The summed E-state index contributed by atoms with van der Waals surface area (Å²) in [6, 6.07) is 10.9. The van der Waals surface area contributed by atoms with Gasteiger partial charge in [0.25, 0.3) is 0 Å². The Morgan fingerprint density at radius 3 is 2.90 bits per heavy atom. The van der Waals surface area contributed by atoms with Crippen LogP contribution in [0.1, 0.15) is 42.5 Å². The Hall–Kier alpha value is -1.87. The molecule has 0 fully saturated rings. The topological polar surface area (TPSA) is 42.1 Å². The Morgan fingerprint density at radius 2 is 2.14 bits per heavy atom. The molecule has 110 valence electrons. The first kappa shape index (κ1) is 14.1. The summed E-state index contributed by atoms with van der Waals surface area (Å²) in [5.74, 6) is 1.06. The zero-order chi connectivity index (χ0) is 14.8. The van der Waals surface area contributed by atoms with Crippen LogP contribution in [0.25, 0.3) is 0 Å². The molecule has 1 aromatic heterocycles. The fourth-order valence-corrected chi connectivity index (χ4v) is 3.06. The van der Waals surface area contributed by atoms with Crippen LogP contribution in [-0.2, 0) is 6.42 Å². The van der Waals surface area contributed by atoms with E-state index in [9.17, 15) is 0 Å². The van der Waals surface area contributed by atoms with Crippen LogP contribution in [0.15, 0.2) is 36.5 Å². The normalized spacial score (nSPS) is 15.7. The van der Waals surface area contributed by atoms with Gasteiger partial charge in [-0.2, -0.15) is 0 Å². The van der Waals surface area contributed by atoms with E-state index >= 15 is 0 Å². The zero-order valence-electron chi connectivity index (χ0n) is 12.8. The highest BCUT2D eigenvalue weighted by Gasteiger charge is 2.20. The van der Waals surface area contributed by atoms with Gasteiger partial charge in [0.15, 0.2) is 0 Å². The van der Waals surface area contributed by atoms with E-state index in [0.717, 1.165) is 30.8 Å². The molecule has 0 bridgehead atoms. The molecule has 3 nitrogen and oxygen atoms in total. The highest BCUT2D eigenvalue weighted by atomic mass is 15.2. The van der Waals surface area contributed by atoms with Gasteiger partial charge in [0, 0.05) is 24.5 Å². The second kappa shape index (κ2) is 5.86. The molecule has 3 heteroatoms. The molecular weight excluding hydrogens is 258 g/mol. The number of nitrogens with zero attached hydrogens (tertiary/aromatic N) is 2. The Morgan fingerprint density at radius 1 is 1.33 bits per heavy atom. The first-order chi connectivity index (χ1) is 10.2. The number of anilines is 2. The van der Waals surface area contributed by atoms with Gasteiger partial charge in [-0.1, -0.05) is 25.1 Å². The van der Waals surface area contributed by atoms with Gasteiger partial charge in [-0.05, 0) is 55.0 Å². The minimum Gasteiger partial charge on any atom is -0.326 e. The molecule has 3 rings (SSSR count). The van der Waals surface area contributed by atoms with Crippen molar-refractivity contribution in [1.82, 2.24) is 4.98 Å². The lowest BCUT2D eigenvalue weighted by Crippen LogP contribution is -2.26. The predicted molar refractivity (Wildman–Crippen MR) is 88.0 cm³/mol. The van der Waals surface area contributed by atoms with Crippen LogP contribution in [0.5, 0.6) is 0 Å². The van der Waals surface area contributed by atoms with Crippen LogP contribution in [0.4, 0.5) is 11.5 Å². The maximum Gasteiger partial charge on any atom is 0.135 e. The van der Waals surface area contributed by atoms with E-state index in [0.29, 0.717) is 0 Å². The Labute approximate surface area is 126 Å². The van der Waals surface area contributed by atoms with E-state index in [1.807, 2.05) is 6.20 Å². The minimum atomic E-state index is 0.0823. The second-order valence-electron chi connectivity index (χ2n) is 5.81. The van der Waals surface area contributed by atoms with Crippen LogP contribution < -0.4 is 10.6 Å². The van der Waals surface area contributed by atoms with Gasteiger partial charge in [-0.25, -0.2) is 4.98 Å². The molecule has 1 unspecified atom stereocenters. The van der Waals surface area contributed by atoms with Crippen LogP contribution in [-0.4, -0.2) is 11.5 Å². The fourth-order valence-electron chi connectivity index (χ4n) is 3.06. The number of fused-ring (bicyclic) bond motifs is 1. The van der Waals surface area contributed by atoms with Crippen LogP contribution >= 0.6 is 0 Å². The highest BCUT2D eigenvalue weighted by molar-refractivity contribution is 5.67. The fraction of sp³-hybridized carbons (Fsp3) is 0.389. The van der Waals surface area contributed by atoms with Crippen molar-refractivity contribution in [1.29, 1.82) is 0 Å². The second-order valence-corrected chi connectivity index (χ2v) is 5.81. The van der Waals surface area contributed by atoms with Gasteiger partial charge in [0.2, 0.25) is 0 Å². The van der Waals surface area contributed by atoms with Crippen LogP contribution in [0.3, 0.4) is 0 Å². The van der Waals surface area contributed by atoms with Gasteiger partial charge in [-0.3, -0.25) is 0 Å². The summed E-state index contributed by atoms with van der Waals surface area (Å²) in [5, 5.41) is 0. The molecular formula is C18H23N3. The molecule has 1 atom stereocenters. The Balaban J connectivity index is 1.98. The molecule has 2 aromatic rings. The molecule has 0 spiro atoms. The lowest BCUT2D eigenvalue weighted by molar-refractivity contribution is 0.692. The van der Waals surface area contributed by atoms with Gasteiger partial charge in [0.1, 0.15) is 5.82 Å². The van der Waals surface area contributed by atoms with Crippen molar-refractivity contribution < 1.29 is 0 Å². The van der Waals surface area contributed by atoms with E-state index in [1.54, 1.807) is 0 Å². The van der Waals surface area contributed by atoms with Crippen molar-refractivity contribution in [2.24, 2.45) is 5.73 Å². The maximum atomic E-state index is 6.11. The third kappa shape index (κ3) is 2.66. The molecule has 1 aromatic carbocycles. The molecule has 2 N–H and O–H groups in total. The van der Waals surface area contributed by atoms with Crippen molar-refractivity contribution >= 4 is 11.5 Å². The largest absolute Gasteiger partial charge is 0.326 e. The number of aryl methyl sites for hydroxylation is 2. The molecule has 0 aliphatic carbocycles. The van der Waals surface area contributed by atoms with Gasteiger partial charge < -0.3 is 10.6 Å². The Kier molecular flexibility index (Phi) is 3.93. The molecule has 2 heterocycles. The molecule has 1 aliphatic rings. The number of benzene rings is 1. The highest BCUT2D eigenvalue weighted by Crippen LogP contribution is 2.34. The number of pyridine rings is 1. The van der Waals surface area contributed by atoms with Gasteiger partial charge in [0.05, 0.1) is 0 Å². The summed E-state index contributed by atoms with van der Waals surface area (Å²) < 4.78 is 0. The van der Waals surface area contributed by atoms with E-state index in [-0.39, 0.29) is 6.04 Å². The van der Waals surface area contributed by atoms with E-state index in [2.05, 4.69) is 49.1 Å². The molecule has 0 amide bonds. The average Bonchev–Trinajstić information content (AvgIpc) is 2.53. The lowest BCUT2D eigenvalue weighted by Gasteiger charge is -2.31. The van der Waals surface area contributed by atoms with E-state index in [4.69, 9.17) is 10.7 Å². The van der Waals surface area contributed by atoms with E-state index in [1.165, 1.54) is 23.2 Å². The maximum absolute atomic E-state index is 6.11. The molecule has 0 radical (unpaired) electrons. The molecule has 1 aliphatic heterocycles. The van der Waals surface area contributed by atoms with Gasteiger partial charge in [-0.15, -0.1) is 0 Å². The summed E-state index contributed by atoms with van der Waals surface area (Å²) in [6.07, 6.45) is 5.21. The zero-order valence-corrected chi connectivity index (χ0v) is 12.8. The van der Waals surface area contributed by atoms with Crippen LogP contribution in [0, 0.1) is 6.92 Å². The molecule has 21 heavy (non-hydrogen) atoms. The van der Waals surface area contributed by atoms with Crippen molar-refractivity contribution in [3.05, 3.63) is 53.2 Å². The van der Waals surface area contributed by atoms with E-state index < -0.39 is 0 Å². The number of nitrogens with two attached hydrogens (primary N) is 1. The van der Waals surface area contributed by atoms with Crippen molar-refractivity contribution in [3.63, 3.8) is 0 Å². The van der Waals surface area contributed by atoms with Crippen molar-refractivity contribution in [3.8, 4) is 0 Å². The van der Waals surface area contributed by atoms with Crippen molar-refractivity contribution in [2.45, 2.75) is 39.2 Å². The summed E-state index contributed by atoms with van der Waals surface area (Å²) in [5.41, 5.74) is 11.2. The quantitative estimate of drug-likeness (QED) is 0.928.